The van der Waals surface area contributed by atoms with Gasteiger partial charge in [-0.15, -0.1) is 0 Å². The number of pyridine rings is 1. The highest BCUT2D eigenvalue weighted by Gasteiger charge is 2.05. The number of methoxy groups -OCH3 is 1. The van der Waals surface area contributed by atoms with Gasteiger partial charge < -0.3 is 15.2 Å². The van der Waals surface area contributed by atoms with Crippen LogP contribution in [0.4, 0.5) is 4.39 Å². The summed E-state index contributed by atoms with van der Waals surface area (Å²) in [5.74, 6) is 0.520. The molecule has 0 aliphatic carbocycles. The van der Waals surface area contributed by atoms with E-state index in [2.05, 4.69) is 4.98 Å². The van der Waals surface area contributed by atoms with Crippen molar-refractivity contribution in [2.75, 3.05) is 7.11 Å². The summed E-state index contributed by atoms with van der Waals surface area (Å²) in [6.45, 7) is 0.162. The number of hydrogen-bond acceptors (Lipinski definition) is 4. The lowest BCUT2D eigenvalue weighted by Crippen LogP contribution is -2.11. The minimum absolute atomic E-state index is 0.0822. The molecule has 1 heterocycles. The molecule has 0 atom stereocenters. The quantitative estimate of drug-likeness (QED) is 0.646. The molecule has 0 bridgehead atoms. The summed E-state index contributed by atoms with van der Waals surface area (Å²) in [6.07, 6.45) is 2.65. The largest absolute Gasteiger partial charge is 0.497 e. The maximum Gasteiger partial charge on any atom is 0.141 e. The number of nitrogens with zero attached hydrogens (tertiary/aromatic N) is 1. The first-order chi connectivity index (χ1) is 9.58. The van der Waals surface area contributed by atoms with Gasteiger partial charge >= 0.3 is 0 Å². The predicted octanol–water partition coefficient (Wildman–Crippen LogP) is 2.09. The molecule has 0 radical (unpaired) electrons. The van der Waals surface area contributed by atoms with E-state index in [9.17, 15) is 4.39 Å². The minimum atomic E-state index is -0.416. The van der Waals surface area contributed by atoms with Gasteiger partial charge in [-0.2, -0.15) is 0 Å². The highest BCUT2D eigenvalue weighted by molar-refractivity contribution is 5.95. The molecule has 0 saturated carbocycles. The third-order valence-corrected chi connectivity index (χ3v) is 2.59. The molecule has 0 spiro atoms. The number of rotatable bonds is 5. The number of nitrogens with one attached hydrogen (secondary N) is 1. The Bertz CT molecular complexity index is 632. The normalized spacial score (nSPS) is 10.1. The van der Waals surface area contributed by atoms with Gasteiger partial charge in [0.05, 0.1) is 13.3 Å². The fourth-order valence-corrected chi connectivity index (χ4v) is 1.63. The molecular formula is C14H14FN3O2. The zero-order valence-corrected chi connectivity index (χ0v) is 10.9. The highest BCUT2D eigenvalue weighted by Crippen LogP contribution is 2.23. The molecule has 0 fully saturated rings. The van der Waals surface area contributed by atoms with Gasteiger partial charge in [0.15, 0.2) is 0 Å². The Morgan fingerprint density at radius 2 is 2.00 bits per heavy atom. The Hall–Kier alpha value is -2.63. The van der Waals surface area contributed by atoms with Crippen LogP contribution in [0, 0.1) is 11.2 Å². The van der Waals surface area contributed by atoms with Crippen LogP contribution in [-0.4, -0.2) is 17.9 Å². The van der Waals surface area contributed by atoms with E-state index in [1.165, 1.54) is 19.4 Å². The maximum atomic E-state index is 13.0. The summed E-state index contributed by atoms with van der Waals surface area (Å²) in [7, 11) is 1.51. The first kappa shape index (κ1) is 13.8. The van der Waals surface area contributed by atoms with Gasteiger partial charge in [-0.25, -0.2) is 4.39 Å². The van der Waals surface area contributed by atoms with E-state index >= 15 is 0 Å². The summed E-state index contributed by atoms with van der Waals surface area (Å²) in [4.78, 5) is 3.74. The topological polar surface area (TPSA) is 81.2 Å². The summed E-state index contributed by atoms with van der Waals surface area (Å²) < 4.78 is 23.7. The third-order valence-electron chi connectivity index (χ3n) is 2.59. The molecule has 6 heteroatoms. The summed E-state index contributed by atoms with van der Waals surface area (Å²) in [5, 5.41) is 7.44. The van der Waals surface area contributed by atoms with Crippen LogP contribution in [0.3, 0.4) is 0 Å². The zero-order valence-electron chi connectivity index (χ0n) is 10.9. The Labute approximate surface area is 115 Å². The number of halogens is 1. The molecule has 3 N–H and O–H groups in total. The second-order valence-corrected chi connectivity index (χ2v) is 4.11. The van der Waals surface area contributed by atoms with Crippen molar-refractivity contribution >= 4 is 5.84 Å². The average molecular weight is 275 g/mol. The van der Waals surface area contributed by atoms with E-state index in [0.717, 1.165) is 6.20 Å². The van der Waals surface area contributed by atoms with Crippen molar-refractivity contribution in [1.29, 1.82) is 5.41 Å². The van der Waals surface area contributed by atoms with Gasteiger partial charge in [0.1, 0.15) is 29.8 Å². The van der Waals surface area contributed by atoms with Gasteiger partial charge in [-0.05, 0) is 18.2 Å². The number of benzene rings is 1. The first-order valence-electron chi connectivity index (χ1n) is 5.84. The van der Waals surface area contributed by atoms with Gasteiger partial charge in [0.25, 0.3) is 0 Å². The third kappa shape index (κ3) is 3.44. The van der Waals surface area contributed by atoms with E-state index < -0.39 is 5.82 Å². The number of nitrogen functional groups attached to an aromatic ring is 1. The standard InChI is InChI=1S/C14H14FN3O2/c1-19-12-3-10(14(16)17)4-13(5-12)20-8-9-2-11(15)7-18-6-9/h2-7H,8H2,1H3,(H3,16,17). The molecule has 2 rings (SSSR count). The Kier molecular flexibility index (Phi) is 4.14. The lowest BCUT2D eigenvalue weighted by Gasteiger charge is -2.10. The molecule has 1 aromatic heterocycles. The number of aromatic nitrogens is 1. The van der Waals surface area contributed by atoms with Crippen LogP contribution in [0.1, 0.15) is 11.1 Å². The summed E-state index contributed by atoms with van der Waals surface area (Å²) in [6, 6.07) is 6.27. The van der Waals surface area contributed by atoms with E-state index in [4.69, 9.17) is 20.6 Å². The van der Waals surface area contributed by atoms with Crippen LogP contribution in [-0.2, 0) is 6.61 Å². The molecule has 20 heavy (non-hydrogen) atoms. The lowest BCUT2D eigenvalue weighted by molar-refractivity contribution is 0.302. The van der Waals surface area contributed by atoms with Crippen molar-refractivity contribution in [2.45, 2.75) is 6.61 Å². The zero-order chi connectivity index (χ0) is 14.5. The molecule has 0 saturated heterocycles. The van der Waals surface area contributed by atoms with Crippen LogP contribution in [0.2, 0.25) is 0 Å². The van der Waals surface area contributed by atoms with Crippen molar-refractivity contribution in [3.8, 4) is 11.5 Å². The predicted molar refractivity (Wildman–Crippen MR) is 72.5 cm³/mol. The minimum Gasteiger partial charge on any atom is -0.497 e. The van der Waals surface area contributed by atoms with Crippen LogP contribution in [0.15, 0.2) is 36.7 Å². The second-order valence-electron chi connectivity index (χ2n) is 4.11. The highest BCUT2D eigenvalue weighted by atomic mass is 19.1. The fraction of sp³-hybridized carbons (Fsp3) is 0.143. The van der Waals surface area contributed by atoms with Crippen LogP contribution >= 0.6 is 0 Å². The summed E-state index contributed by atoms with van der Waals surface area (Å²) in [5.41, 5.74) is 6.55. The van der Waals surface area contributed by atoms with Gasteiger partial charge in [0.2, 0.25) is 0 Å². The Morgan fingerprint density at radius 3 is 2.65 bits per heavy atom. The van der Waals surface area contributed by atoms with Crippen LogP contribution < -0.4 is 15.2 Å². The van der Waals surface area contributed by atoms with Crippen LogP contribution in [0.5, 0.6) is 11.5 Å². The lowest BCUT2D eigenvalue weighted by atomic mass is 10.2. The fourth-order valence-electron chi connectivity index (χ4n) is 1.63. The maximum absolute atomic E-state index is 13.0. The molecule has 0 aliphatic heterocycles. The van der Waals surface area contributed by atoms with Crippen molar-refractivity contribution in [3.05, 3.63) is 53.6 Å². The van der Waals surface area contributed by atoms with Crippen molar-refractivity contribution < 1.29 is 13.9 Å². The molecular weight excluding hydrogens is 261 g/mol. The molecule has 0 aliphatic rings. The van der Waals surface area contributed by atoms with E-state index in [0.29, 0.717) is 22.6 Å². The Balaban J connectivity index is 2.16. The average Bonchev–Trinajstić information content (AvgIpc) is 2.45. The molecule has 0 amide bonds. The SMILES string of the molecule is COc1cc(OCc2cncc(F)c2)cc(C(=N)N)c1. The number of amidine groups is 1. The number of ether oxygens (including phenoxy) is 2. The monoisotopic (exact) mass is 275 g/mol. The molecule has 0 unspecified atom stereocenters. The van der Waals surface area contributed by atoms with Crippen LogP contribution in [0.25, 0.3) is 0 Å². The van der Waals surface area contributed by atoms with Crippen molar-refractivity contribution in [2.24, 2.45) is 5.73 Å². The summed E-state index contributed by atoms with van der Waals surface area (Å²) >= 11 is 0. The van der Waals surface area contributed by atoms with Gasteiger partial charge in [0, 0.05) is 23.4 Å². The molecule has 2 aromatic rings. The first-order valence-corrected chi connectivity index (χ1v) is 5.84. The second kappa shape index (κ2) is 6.01. The van der Waals surface area contributed by atoms with Gasteiger partial charge in [-0.3, -0.25) is 10.4 Å². The van der Waals surface area contributed by atoms with E-state index in [1.54, 1.807) is 18.2 Å². The van der Waals surface area contributed by atoms with Crippen molar-refractivity contribution in [3.63, 3.8) is 0 Å². The van der Waals surface area contributed by atoms with E-state index in [1.807, 2.05) is 0 Å². The molecule has 1 aromatic carbocycles. The van der Waals surface area contributed by atoms with Crippen molar-refractivity contribution in [1.82, 2.24) is 4.98 Å². The molecule has 104 valence electrons. The Morgan fingerprint density at radius 1 is 1.25 bits per heavy atom. The smallest absolute Gasteiger partial charge is 0.141 e. The number of hydrogen-bond donors (Lipinski definition) is 2. The molecule has 5 nitrogen and oxygen atoms in total. The van der Waals surface area contributed by atoms with Gasteiger partial charge in [-0.1, -0.05) is 0 Å². The van der Waals surface area contributed by atoms with E-state index in [-0.39, 0.29) is 12.4 Å². The number of nitrogens with two attached hydrogens (primary N) is 1.